The van der Waals surface area contributed by atoms with Crippen LogP contribution >= 0.6 is 11.3 Å². The maximum Gasteiger partial charge on any atom is 0.357 e. The van der Waals surface area contributed by atoms with Crippen molar-refractivity contribution in [3.8, 4) is 0 Å². The molecular weight excluding hydrogens is 562 g/mol. The summed E-state index contributed by atoms with van der Waals surface area (Å²) in [5.41, 5.74) is 9.47. The first-order valence-corrected chi connectivity index (χ1v) is 18.1. The van der Waals surface area contributed by atoms with E-state index in [2.05, 4.69) is 35.8 Å². The summed E-state index contributed by atoms with van der Waals surface area (Å²) in [4.78, 5) is 47.7. The molecule has 1 rings (SSSR count). The summed E-state index contributed by atoms with van der Waals surface area (Å²) in [6.45, 7) is 15.8. The molecular formula is C28H49N5O6SSi. The lowest BCUT2D eigenvalue weighted by molar-refractivity contribution is -0.158. The SMILES string of the molecule is CCCC(=O)OCN(C(=O)[C@H](N=[N+]=[N-])[C@@H](C)CC)[C@H](C[C@@H](O[Si](CC)(CC)CC)c1nc(C(=O)OC)cs1)C(C)C. The standard InChI is InChI=1S/C28H49N5O6SSi/c1-10-15-24(34)38-18-33(27(35)25(31-32-29)20(8)11-2)22(19(6)7)16-23(39-41(12-3,13-4)14-5)26-30-21(17-40-26)28(36)37-9/h17,19-20,22-23,25H,10-16,18H2,1-9H3/t20-,22+,23+,25+/m0/s1. The molecule has 0 fully saturated rings. The topological polar surface area (TPSA) is 144 Å². The Hall–Kier alpha value is -2.47. The number of aromatic nitrogens is 1. The Balaban J connectivity index is 3.65. The summed E-state index contributed by atoms with van der Waals surface area (Å²) in [5, 5.41) is 6.14. The second-order valence-corrected chi connectivity index (χ2v) is 16.3. The number of carbonyl (C=O) groups excluding carboxylic acids is 3. The van der Waals surface area contributed by atoms with Crippen LogP contribution in [0.2, 0.25) is 18.1 Å². The number of hydrogen-bond acceptors (Lipinski definition) is 9. The highest BCUT2D eigenvalue weighted by atomic mass is 32.1. The summed E-state index contributed by atoms with van der Waals surface area (Å²) >= 11 is 1.33. The number of rotatable bonds is 19. The molecule has 0 bridgehead atoms. The maximum atomic E-state index is 14.0. The summed E-state index contributed by atoms with van der Waals surface area (Å²) in [6, 6.07) is 1.33. The summed E-state index contributed by atoms with van der Waals surface area (Å²) in [7, 11) is -0.850. The van der Waals surface area contributed by atoms with Gasteiger partial charge in [-0.25, -0.2) is 9.78 Å². The minimum Gasteiger partial charge on any atom is -0.464 e. The third kappa shape index (κ3) is 10.4. The molecule has 0 aliphatic rings. The van der Waals surface area contributed by atoms with E-state index < -0.39 is 44.4 Å². The van der Waals surface area contributed by atoms with Gasteiger partial charge in [0.2, 0.25) is 5.91 Å². The number of thiazole rings is 1. The van der Waals surface area contributed by atoms with E-state index in [1.807, 2.05) is 34.6 Å². The number of esters is 2. The molecule has 1 heterocycles. The number of methoxy groups -OCH3 is 1. The Kier molecular flexibility index (Phi) is 16.2. The molecule has 13 heteroatoms. The van der Waals surface area contributed by atoms with Crippen LogP contribution in [0.3, 0.4) is 0 Å². The van der Waals surface area contributed by atoms with Crippen molar-refractivity contribution in [3.63, 3.8) is 0 Å². The van der Waals surface area contributed by atoms with Gasteiger partial charge in [-0.2, -0.15) is 0 Å². The van der Waals surface area contributed by atoms with Crippen molar-refractivity contribution >= 4 is 37.5 Å². The highest BCUT2D eigenvalue weighted by molar-refractivity contribution is 7.09. The molecule has 0 N–H and O–H groups in total. The predicted octanol–water partition coefficient (Wildman–Crippen LogP) is 7.26. The van der Waals surface area contributed by atoms with Gasteiger partial charge in [-0.05, 0) is 48.3 Å². The zero-order valence-electron chi connectivity index (χ0n) is 26.2. The van der Waals surface area contributed by atoms with Gasteiger partial charge in [-0.3, -0.25) is 9.59 Å². The van der Waals surface area contributed by atoms with E-state index in [4.69, 9.17) is 13.9 Å². The third-order valence-corrected chi connectivity index (χ3v) is 13.4. The number of hydrogen-bond donors (Lipinski definition) is 0. The average Bonchev–Trinajstić information content (AvgIpc) is 3.46. The van der Waals surface area contributed by atoms with E-state index in [1.165, 1.54) is 23.3 Å². The van der Waals surface area contributed by atoms with E-state index in [1.54, 1.807) is 5.38 Å². The summed E-state index contributed by atoms with van der Waals surface area (Å²) < 4.78 is 17.4. The van der Waals surface area contributed by atoms with Crippen LogP contribution in [0.1, 0.15) is 103 Å². The first-order chi connectivity index (χ1) is 19.5. The highest BCUT2D eigenvalue weighted by Crippen LogP contribution is 2.36. The zero-order chi connectivity index (χ0) is 31.2. The van der Waals surface area contributed by atoms with Crippen molar-refractivity contribution in [3.05, 3.63) is 26.5 Å². The number of azide groups is 1. The lowest BCUT2D eigenvalue weighted by Gasteiger charge is -2.40. The Morgan fingerprint density at radius 1 is 1.12 bits per heavy atom. The number of carbonyl (C=O) groups is 3. The monoisotopic (exact) mass is 611 g/mol. The summed E-state index contributed by atoms with van der Waals surface area (Å²) in [6.07, 6.45) is 1.35. The Labute approximate surface area is 250 Å². The van der Waals surface area contributed by atoms with E-state index in [-0.39, 0.29) is 30.7 Å². The van der Waals surface area contributed by atoms with Crippen molar-refractivity contribution in [1.82, 2.24) is 9.88 Å². The molecule has 232 valence electrons. The van der Waals surface area contributed by atoms with Crippen LogP contribution in [0.25, 0.3) is 10.4 Å². The number of nitrogens with zero attached hydrogens (tertiary/aromatic N) is 5. The van der Waals surface area contributed by atoms with Crippen LogP contribution in [0, 0.1) is 11.8 Å². The van der Waals surface area contributed by atoms with E-state index in [0.717, 1.165) is 18.1 Å². The number of amides is 1. The van der Waals surface area contributed by atoms with Crippen molar-refractivity contribution in [2.45, 2.75) is 117 Å². The largest absolute Gasteiger partial charge is 0.464 e. The Bertz CT molecular complexity index is 1020. The molecule has 1 amide bonds. The lowest BCUT2D eigenvalue weighted by Crippen LogP contribution is -2.51. The van der Waals surface area contributed by atoms with E-state index >= 15 is 0 Å². The van der Waals surface area contributed by atoms with Crippen molar-refractivity contribution in [1.29, 1.82) is 0 Å². The molecule has 4 atom stereocenters. The van der Waals surface area contributed by atoms with Gasteiger partial charge >= 0.3 is 11.9 Å². The van der Waals surface area contributed by atoms with Crippen LogP contribution in [0.5, 0.6) is 0 Å². The van der Waals surface area contributed by atoms with Crippen LogP contribution in [0.15, 0.2) is 10.5 Å². The Morgan fingerprint density at radius 3 is 2.24 bits per heavy atom. The molecule has 11 nitrogen and oxygen atoms in total. The molecule has 0 aliphatic heterocycles. The molecule has 0 saturated carbocycles. The van der Waals surface area contributed by atoms with Gasteiger partial charge in [0, 0.05) is 22.8 Å². The first kappa shape index (κ1) is 36.6. The smallest absolute Gasteiger partial charge is 0.357 e. The van der Waals surface area contributed by atoms with Crippen molar-refractivity contribution in [2.24, 2.45) is 17.0 Å². The normalized spacial score (nSPS) is 14.5. The Morgan fingerprint density at radius 2 is 1.76 bits per heavy atom. The van der Waals surface area contributed by atoms with Crippen molar-refractivity contribution < 1.29 is 28.3 Å². The van der Waals surface area contributed by atoms with Crippen LogP contribution in [0.4, 0.5) is 0 Å². The van der Waals surface area contributed by atoms with Crippen LogP contribution < -0.4 is 0 Å². The van der Waals surface area contributed by atoms with Gasteiger partial charge in [0.15, 0.2) is 20.7 Å². The van der Waals surface area contributed by atoms with Crippen molar-refractivity contribution in [2.75, 3.05) is 13.8 Å². The minimum atomic E-state index is -2.16. The van der Waals surface area contributed by atoms with Gasteiger partial charge in [-0.15, -0.1) is 11.3 Å². The maximum absolute atomic E-state index is 14.0. The molecule has 0 radical (unpaired) electrons. The van der Waals surface area contributed by atoms with E-state index in [0.29, 0.717) is 24.3 Å². The fraction of sp³-hybridized carbons (Fsp3) is 0.786. The fourth-order valence-electron chi connectivity index (χ4n) is 4.71. The summed E-state index contributed by atoms with van der Waals surface area (Å²) in [5.74, 6) is -1.60. The zero-order valence-corrected chi connectivity index (χ0v) is 28.0. The first-order valence-electron chi connectivity index (χ1n) is 14.7. The fourth-order valence-corrected chi connectivity index (χ4v) is 8.43. The molecule has 0 aliphatic carbocycles. The van der Waals surface area contributed by atoms with Crippen LogP contribution in [-0.4, -0.2) is 62.0 Å². The lowest BCUT2D eigenvalue weighted by atomic mass is 9.93. The molecule has 0 aromatic carbocycles. The molecule has 41 heavy (non-hydrogen) atoms. The minimum absolute atomic E-state index is 0.0699. The highest BCUT2D eigenvalue weighted by Gasteiger charge is 2.39. The molecule has 0 spiro atoms. The van der Waals surface area contributed by atoms with Gasteiger partial charge in [0.05, 0.1) is 13.2 Å². The second-order valence-electron chi connectivity index (χ2n) is 10.7. The average molecular weight is 612 g/mol. The third-order valence-electron chi connectivity index (χ3n) is 7.86. The van der Waals surface area contributed by atoms with Crippen LogP contribution in [-0.2, 0) is 23.5 Å². The number of ether oxygens (including phenoxy) is 2. The predicted molar refractivity (Wildman–Crippen MR) is 163 cm³/mol. The van der Waals surface area contributed by atoms with Gasteiger partial charge in [0.1, 0.15) is 11.0 Å². The van der Waals surface area contributed by atoms with Gasteiger partial charge < -0.3 is 18.8 Å². The van der Waals surface area contributed by atoms with E-state index in [9.17, 15) is 19.9 Å². The quantitative estimate of drug-likeness (QED) is 0.0400. The molecule has 0 saturated heterocycles. The molecule has 1 aromatic heterocycles. The van der Waals surface area contributed by atoms with Gasteiger partial charge in [0.25, 0.3) is 0 Å². The molecule has 1 aromatic rings. The molecule has 0 unspecified atom stereocenters. The van der Waals surface area contributed by atoms with Gasteiger partial charge in [-0.1, -0.05) is 66.9 Å². The second kappa shape index (κ2) is 18.1.